The predicted octanol–water partition coefficient (Wildman–Crippen LogP) is 4.70. The first-order chi connectivity index (χ1) is 11.5. The minimum Gasteiger partial charge on any atom is -0.396 e. The summed E-state index contributed by atoms with van der Waals surface area (Å²) in [6.45, 7) is 5.04. The monoisotopic (exact) mass is 332 g/mol. The quantitative estimate of drug-likeness (QED) is 0.736. The van der Waals surface area contributed by atoms with E-state index < -0.39 is 5.60 Å². The van der Waals surface area contributed by atoms with Gasteiger partial charge in [0, 0.05) is 6.61 Å². The Balaban J connectivity index is 1.55. The maximum Gasteiger partial charge on any atom is 0.0682 e. The number of rotatable bonds is 3. The number of hydrogen-bond acceptors (Lipinski definition) is 2. The van der Waals surface area contributed by atoms with E-state index in [-0.39, 0.29) is 0 Å². The highest BCUT2D eigenvalue weighted by molar-refractivity contribution is 5.21. The molecular weight excluding hydrogens is 296 g/mol. The fraction of sp³-hybridized carbons (Fsp3) is 0.909. The molecular formula is C22H36O2. The van der Waals surface area contributed by atoms with Crippen molar-refractivity contribution in [1.82, 2.24) is 0 Å². The van der Waals surface area contributed by atoms with Gasteiger partial charge in [0.1, 0.15) is 0 Å². The van der Waals surface area contributed by atoms with Crippen LogP contribution in [0, 0.1) is 35.0 Å². The molecule has 4 aliphatic carbocycles. The third-order valence-electron chi connectivity index (χ3n) is 8.92. The fourth-order valence-corrected chi connectivity index (χ4v) is 7.41. The zero-order valence-electron chi connectivity index (χ0n) is 15.6. The van der Waals surface area contributed by atoms with Crippen molar-refractivity contribution in [3.8, 4) is 0 Å². The van der Waals surface area contributed by atoms with E-state index in [2.05, 4.69) is 19.9 Å². The lowest BCUT2D eigenvalue weighted by molar-refractivity contribution is -0.0416. The van der Waals surface area contributed by atoms with Gasteiger partial charge in [0.15, 0.2) is 0 Å². The van der Waals surface area contributed by atoms with E-state index in [1.54, 1.807) is 5.57 Å². The third kappa shape index (κ3) is 2.51. The molecule has 0 bridgehead atoms. The maximum atomic E-state index is 10.7. The summed E-state index contributed by atoms with van der Waals surface area (Å²) in [7, 11) is 0. The van der Waals surface area contributed by atoms with Crippen LogP contribution in [0.15, 0.2) is 11.6 Å². The molecule has 0 aliphatic heterocycles. The average molecular weight is 333 g/mol. The summed E-state index contributed by atoms with van der Waals surface area (Å²) in [5.41, 5.74) is 1.66. The van der Waals surface area contributed by atoms with Crippen molar-refractivity contribution >= 4 is 0 Å². The van der Waals surface area contributed by atoms with Crippen LogP contribution < -0.4 is 0 Å². The molecule has 0 aromatic rings. The maximum absolute atomic E-state index is 10.7. The van der Waals surface area contributed by atoms with E-state index in [4.69, 9.17) is 0 Å². The summed E-state index contributed by atoms with van der Waals surface area (Å²) in [4.78, 5) is 0. The molecule has 0 unspecified atom stereocenters. The van der Waals surface area contributed by atoms with Crippen molar-refractivity contribution < 1.29 is 10.2 Å². The van der Waals surface area contributed by atoms with Crippen LogP contribution in [-0.2, 0) is 0 Å². The van der Waals surface area contributed by atoms with E-state index in [0.29, 0.717) is 12.0 Å². The van der Waals surface area contributed by atoms with Gasteiger partial charge in [-0.1, -0.05) is 25.5 Å². The van der Waals surface area contributed by atoms with Gasteiger partial charge in [-0.05, 0) is 99.2 Å². The first kappa shape index (κ1) is 17.1. The molecule has 0 aromatic carbocycles. The van der Waals surface area contributed by atoms with Gasteiger partial charge >= 0.3 is 0 Å². The smallest absolute Gasteiger partial charge is 0.0682 e. The largest absolute Gasteiger partial charge is 0.396 e. The lowest BCUT2D eigenvalue weighted by Crippen LogP contribution is -2.47. The summed E-state index contributed by atoms with van der Waals surface area (Å²) in [6.07, 6.45) is 14.3. The van der Waals surface area contributed by atoms with Gasteiger partial charge in [0.05, 0.1) is 5.60 Å². The van der Waals surface area contributed by atoms with Gasteiger partial charge < -0.3 is 10.2 Å². The van der Waals surface area contributed by atoms with Crippen LogP contribution in [0.3, 0.4) is 0 Å². The predicted molar refractivity (Wildman–Crippen MR) is 97.5 cm³/mol. The van der Waals surface area contributed by atoms with Crippen molar-refractivity contribution in [3.05, 3.63) is 11.6 Å². The number of aliphatic hydroxyl groups is 2. The van der Waals surface area contributed by atoms with Crippen molar-refractivity contribution in [1.29, 1.82) is 0 Å². The second-order valence-corrected chi connectivity index (χ2v) is 9.68. The molecule has 24 heavy (non-hydrogen) atoms. The Morgan fingerprint density at radius 1 is 1.12 bits per heavy atom. The van der Waals surface area contributed by atoms with Gasteiger partial charge in [-0.25, -0.2) is 0 Å². The standard InChI is InChI=1S/C22H36O2/c1-3-22(24)12-9-17-15(14-22)4-6-19-18(17)8-11-21(2)16(10-13-23)5-7-20(19)21/h4,16-20,23-24H,3,5-14H2,1-2H3/t16-,17+,18-,19-,20+,21-,22+/m1/s1. The summed E-state index contributed by atoms with van der Waals surface area (Å²) in [5, 5.41) is 20.2. The normalized spacial score (nSPS) is 50.7. The molecule has 0 amide bonds. The van der Waals surface area contributed by atoms with E-state index in [9.17, 15) is 10.2 Å². The Bertz CT molecular complexity index is 512. The molecule has 7 atom stereocenters. The molecule has 0 spiro atoms. The lowest BCUT2D eigenvalue weighted by atomic mass is 9.51. The molecule has 4 aliphatic rings. The molecule has 2 nitrogen and oxygen atoms in total. The summed E-state index contributed by atoms with van der Waals surface area (Å²) in [5.74, 6) is 4.12. The van der Waals surface area contributed by atoms with Crippen molar-refractivity contribution in [2.24, 2.45) is 35.0 Å². The molecule has 2 heteroatoms. The minimum absolute atomic E-state index is 0.364. The van der Waals surface area contributed by atoms with Crippen LogP contribution in [0.2, 0.25) is 0 Å². The summed E-state index contributed by atoms with van der Waals surface area (Å²) in [6, 6.07) is 0. The van der Waals surface area contributed by atoms with E-state index in [1.807, 2.05) is 0 Å². The van der Waals surface area contributed by atoms with Crippen LogP contribution in [-0.4, -0.2) is 22.4 Å². The zero-order valence-corrected chi connectivity index (χ0v) is 15.6. The number of aliphatic hydroxyl groups excluding tert-OH is 1. The molecule has 4 rings (SSSR count). The molecule has 136 valence electrons. The zero-order chi connectivity index (χ0) is 16.9. The van der Waals surface area contributed by atoms with Gasteiger partial charge in [-0.15, -0.1) is 0 Å². The third-order valence-corrected chi connectivity index (χ3v) is 8.92. The van der Waals surface area contributed by atoms with Gasteiger partial charge in [-0.2, -0.15) is 0 Å². The Morgan fingerprint density at radius 2 is 1.96 bits per heavy atom. The Kier molecular flexibility index (Phi) is 4.36. The number of fused-ring (bicyclic) bond motifs is 5. The SMILES string of the molecule is CC[C@]1(O)CC[C@H]2C(=CC[C@@H]3[C@@H]2CC[C@]2(C)[C@@H](CCO)CC[C@@H]32)C1. The van der Waals surface area contributed by atoms with Gasteiger partial charge in [0.2, 0.25) is 0 Å². The highest BCUT2D eigenvalue weighted by Crippen LogP contribution is 2.64. The first-order valence-corrected chi connectivity index (χ1v) is 10.5. The topological polar surface area (TPSA) is 40.5 Å². The van der Waals surface area contributed by atoms with Crippen LogP contribution in [0.4, 0.5) is 0 Å². The molecule has 0 saturated heterocycles. The molecule has 3 saturated carbocycles. The second-order valence-electron chi connectivity index (χ2n) is 9.68. The first-order valence-electron chi connectivity index (χ1n) is 10.5. The Labute approximate surface area is 147 Å². The molecule has 2 N–H and O–H groups in total. The van der Waals surface area contributed by atoms with Crippen LogP contribution >= 0.6 is 0 Å². The number of hydrogen-bond donors (Lipinski definition) is 2. The molecule has 0 aromatic heterocycles. The van der Waals surface area contributed by atoms with E-state index in [1.165, 1.54) is 38.5 Å². The highest BCUT2D eigenvalue weighted by Gasteiger charge is 2.55. The van der Waals surface area contributed by atoms with Crippen LogP contribution in [0.1, 0.15) is 78.1 Å². The highest BCUT2D eigenvalue weighted by atomic mass is 16.3. The average Bonchev–Trinajstić information content (AvgIpc) is 2.91. The van der Waals surface area contributed by atoms with Crippen LogP contribution in [0.5, 0.6) is 0 Å². The summed E-state index contributed by atoms with van der Waals surface area (Å²) >= 11 is 0. The van der Waals surface area contributed by atoms with Crippen LogP contribution in [0.25, 0.3) is 0 Å². The molecule has 0 radical (unpaired) electrons. The number of allylic oxidation sites excluding steroid dienone is 1. The molecule has 0 heterocycles. The molecule has 3 fully saturated rings. The Hall–Kier alpha value is -0.340. The Morgan fingerprint density at radius 3 is 2.71 bits per heavy atom. The minimum atomic E-state index is -0.419. The van der Waals surface area contributed by atoms with E-state index >= 15 is 0 Å². The lowest BCUT2D eigenvalue weighted by Gasteiger charge is -2.54. The van der Waals surface area contributed by atoms with E-state index in [0.717, 1.165) is 55.3 Å². The van der Waals surface area contributed by atoms with Gasteiger partial charge in [0.25, 0.3) is 0 Å². The summed E-state index contributed by atoms with van der Waals surface area (Å²) < 4.78 is 0. The second kappa shape index (κ2) is 6.13. The van der Waals surface area contributed by atoms with Crippen molar-refractivity contribution in [2.75, 3.05) is 6.61 Å². The van der Waals surface area contributed by atoms with Crippen molar-refractivity contribution in [3.63, 3.8) is 0 Å². The fourth-order valence-electron chi connectivity index (χ4n) is 7.41. The van der Waals surface area contributed by atoms with Crippen molar-refractivity contribution in [2.45, 2.75) is 83.7 Å². The van der Waals surface area contributed by atoms with Gasteiger partial charge in [-0.3, -0.25) is 0 Å².